The lowest BCUT2D eigenvalue weighted by molar-refractivity contribution is 0.0607. The van der Waals surface area contributed by atoms with Crippen LogP contribution in [0.15, 0.2) is 6.07 Å². The zero-order valence-electron chi connectivity index (χ0n) is 15.7. The number of piperidine rings is 1. The van der Waals surface area contributed by atoms with Gasteiger partial charge in [-0.05, 0) is 20.0 Å². The van der Waals surface area contributed by atoms with Crippen LogP contribution in [0.5, 0.6) is 17.2 Å². The Morgan fingerprint density at radius 2 is 1.96 bits per heavy atom. The zero-order valence-corrected chi connectivity index (χ0v) is 16.5. The van der Waals surface area contributed by atoms with Crippen LogP contribution in [0.3, 0.4) is 0 Å². The van der Waals surface area contributed by atoms with Crippen LogP contribution in [0, 0.1) is 0 Å². The van der Waals surface area contributed by atoms with Crippen LogP contribution >= 0.6 is 11.8 Å². The van der Waals surface area contributed by atoms with Crippen molar-refractivity contribution in [1.82, 2.24) is 4.90 Å². The maximum Gasteiger partial charge on any atom is 0.174 e. The number of Topliss-reactive ketones (excluding diaryl/α,β-unsaturated/α-hetero) is 1. The molecule has 1 aromatic rings. The van der Waals surface area contributed by atoms with Crippen molar-refractivity contribution in [2.45, 2.75) is 55.8 Å². The Morgan fingerprint density at radius 1 is 1.27 bits per heavy atom. The van der Waals surface area contributed by atoms with E-state index in [-0.39, 0.29) is 45.7 Å². The Morgan fingerprint density at radius 3 is 2.58 bits per heavy atom. The average Bonchev–Trinajstić information content (AvgIpc) is 2.46. The molecule has 1 aromatic carbocycles. The van der Waals surface area contributed by atoms with Crippen molar-refractivity contribution in [3.05, 3.63) is 17.2 Å². The Labute approximate surface area is 158 Å². The van der Waals surface area contributed by atoms with Gasteiger partial charge < -0.3 is 25.0 Å². The van der Waals surface area contributed by atoms with Gasteiger partial charge in [-0.2, -0.15) is 0 Å². The largest absolute Gasteiger partial charge is 0.507 e. The van der Waals surface area contributed by atoms with Crippen LogP contribution in [0.4, 0.5) is 0 Å². The van der Waals surface area contributed by atoms with Gasteiger partial charge in [0.05, 0.1) is 12.5 Å². The zero-order chi connectivity index (χ0) is 19.2. The third-order valence-corrected chi connectivity index (χ3v) is 6.03. The van der Waals surface area contributed by atoms with Crippen LogP contribution in [0.1, 0.15) is 55.5 Å². The van der Waals surface area contributed by atoms with Crippen LogP contribution < -0.4 is 4.74 Å². The van der Waals surface area contributed by atoms with Crippen molar-refractivity contribution in [3.63, 3.8) is 0 Å². The first-order valence-corrected chi connectivity index (χ1v) is 9.78. The number of carbonyl (C=O) groups excluding carboxylic acids is 1. The molecule has 26 heavy (non-hydrogen) atoms. The molecule has 2 aliphatic heterocycles. The molecule has 0 spiro atoms. The number of fused-ring (bicyclic) bond motifs is 1. The highest BCUT2D eigenvalue weighted by atomic mass is 32.2. The fourth-order valence-corrected chi connectivity index (χ4v) is 4.88. The van der Waals surface area contributed by atoms with E-state index < -0.39 is 11.5 Å². The number of nitrogens with zero attached hydrogens (tertiary/aromatic N) is 1. The van der Waals surface area contributed by atoms with Gasteiger partial charge in [0.15, 0.2) is 11.2 Å². The minimum absolute atomic E-state index is 0.103. The normalized spacial score (nSPS) is 27.1. The first-order chi connectivity index (χ1) is 12.1. The predicted molar refractivity (Wildman–Crippen MR) is 101 cm³/mol. The number of ether oxygens (including phenoxy) is 1. The van der Waals surface area contributed by atoms with Crippen molar-refractivity contribution >= 4 is 17.5 Å². The maximum absolute atomic E-state index is 12.7. The minimum atomic E-state index is -0.678. The molecule has 6 nitrogen and oxygen atoms in total. The molecule has 3 N–H and O–H groups in total. The SMILES string of the molecule is CN1CC[C@@H](c2c(O)cc(O)c3c2OC(SC(C)(C)C)CC3=O)[C@@H](O)C1. The summed E-state index contributed by atoms with van der Waals surface area (Å²) in [6.45, 7) is 7.38. The molecule has 2 aliphatic rings. The van der Waals surface area contributed by atoms with E-state index in [0.717, 1.165) is 6.54 Å². The number of likely N-dealkylation sites (N-methyl/N-ethyl adjacent to an activating group) is 1. The van der Waals surface area contributed by atoms with E-state index in [4.69, 9.17) is 4.74 Å². The van der Waals surface area contributed by atoms with E-state index in [2.05, 4.69) is 0 Å². The quantitative estimate of drug-likeness (QED) is 0.726. The second-order valence-corrected chi connectivity index (χ2v) is 10.1. The van der Waals surface area contributed by atoms with Gasteiger partial charge in [-0.15, -0.1) is 11.8 Å². The van der Waals surface area contributed by atoms with Gasteiger partial charge in [-0.25, -0.2) is 0 Å². The van der Waals surface area contributed by atoms with Crippen molar-refractivity contribution < 1.29 is 24.9 Å². The molecule has 1 unspecified atom stereocenters. The van der Waals surface area contributed by atoms with Crippen molar-refractivity contribution in [2.24, 2.45) is 0 Å². The monoisotopic (exact) mass is 381 g/mol. The Balaban J connectivity index is 2.04. The lowest BCUT2D eigenvalue weighted by Gasteiger charge is -2.37. The number of phenols is 2. The molecule has 2 heterocycles. The number of aliphatic hydroxyl groups excluding tert-OH is 1. The first-order valence-electron chi connectivity index (χ1n) is 8.90. The van der Waals surface area contributed by atoms with Crippen LogP contribution in [-0.4, -0.2) is 62.4 Å². The Kier molecular flexibility index (Phi) is 5.16. The minimum Gasteiger partial charge on any atom is -0.507 e. The van der Waals surface area contributed by atoms with Crippen LogP contribution in [-0.2, 0) is 0 Å². The number of ketones is 1. The molecule has 0 aromatic heterocycles. The van der Waals surface area contributed by atoms with Gasteiger partial charge in [-0.1, -0.05) is 20.8 Å². The molecule has 1 fully saturated rings. The molecule has 1 saturated heterocycles. The number of thioether (sulfide) groups is 1. The number of aromatic hydroxyl groups is 2. The molecular formula is C19H27NO5S. The van der Waals surface area contributed by atoms with Crippen LogP contribution in [0.25, 0.3) is 0 Å². The van der Waals surface area contributed by atoms with E-state index in [0.29, 0.717) is 18.5 Å². The van der Waals surface area contributed by atoms with E-state index in [1.54, 1.807) is 0 Å². The fraction of sp³-hybridized carbons (Fsp3) is 0.632. The number of carbonyl (C=O) groups is 1. The highest BCUT2D eigenvalue weighted by Gasteiger charge is 2.39. The molecule has 3 rings (SSSR count). The summed E-state index contributed by atoms with van der Waals surface area (Å²) in [4.78, 5) is 14.7. The molecular weight excluding hydrogens is 354 g/mol. The second kappa shape index (κ2) is 6.94. The molecule has 0 amide bonds. The van der Waals surface area contributed by atoms with Gasteiger partial charge in [-0.3, -0.25) is 4.79 Å². The van der Waals surface area contributed by atoms with Crippen molar-refractivity contribution in [3.8, 4) is 17.2 Å². The molecule has 0 aliphatic carbocycles. The lowest BCUT2D eigenvalue weighted by atomic mass is 9.83. The number of likely N-dealkylation sites (tertiary alicyclic amines) is 1. The van der Waals surface area contributed by atoms with Gasteiger partial charge in [0, 0.05) is 28.8 Å². The number of hydrogen-bond donors (Lipinski definition) is 3. The molecule has 0 radical (unpaired) electrons. The number of hydrogen-bond acceptors (Lipinski definition) is 7. The van der Waals surface area contributed by atoms with Crippen molar-refractivity contribution in [2.75, 3.05) is 20.1 Å². The second-order valence-electron chi connectivity index (χ2n) is 8.16. The topological polar surface area (TPSA) is 90.2 Å². The summed E-state index contributed by atoms with van der Waals surface area (Å²) in [5, 5.41) is 31.3. The summed E-state index contributed by atoms with van der Waals surface area (Å²) in [7, 11) is 1.93. The predicted octanol–water partition coefficient (Wildman–Crippen LogP) is 2.70. The summed E-state index contributed by atoms with van der Waals surface area (Å²) in [5.41, 5.74) is 0.166. The summed E-state index contributed by atoms with van der Waals surface area (Å²) < 4.78 is 5.99. The van der Waals surface area contributed by atoms with Crippen molar-refractivity contribution in [1.29, 1.82) is 0 Å². The number of aliphatic hydroxyl groups is 1. The summed E-state index contributed by atoms with van der Waals surface area (Å²) in [5.74, 6) is -0.716. The van der Waals surface area contributed by atoms with Gasteiger partial charge >= 0.3 is 0 Å². The number of rotatable bonds is 2. The summed E-state index contributed by atoms with van der Waals surface area (Å²) >= 11 is 1.54. The van der Waals surface area contributed by atoms with Gasteiger partial charge in [0.2, 0.25) is 0 Å². The van der Waals surface area contributed by atoms with Crippen LogP contribution in [0.2, 0.25) is 0 Å². The summed E-state index contributed by atoms with van der Waals surface area (Å²) in [6, 6.07) is 1.19. The van der Waals surface area contributed by atoms with E-state index in [9.17, 15) is 20.1 Å². The molecule has 7 heteroatoms. The molecule has 0 bridgehead atoms. The third kappa shape index (κ3) is 3.80. The molecule has 3 atom stereocenters. The van der Waals surface area contributed by atoms with Gasteiger partial charge in [0.25, 0.3) is 0 Å². The van der Waals surface area contributed by atoms with E-state index >= 15 is 0 Å². The highest BCUT2D eigenvalue weighted by Crippen LogP contribution is 2.49. The smallest absolute Gasteiger partial charge is 0.174 e. The van der Waals surface area contributed by atoms with Gasteiger partial charge in [0.1, 0.15) is 22.8 Å². The first kappa shape index (κ1) is 19.3. The number of benzene rings is 1. The molecule has 0 saturated carbocycles. The molecule has 144 valence electrons. The number of phenolic OH excluding ortho intramolecular Hbond substituents is 2. The standard InChI is InChI=1S/C19H27NO5S/c1-19(2,3)26-15-8-13(23)17-12(22)7-11(21)16(18(17)25-15)10-5-6-20(4)9-14(10)24/h7,10,14-15,21-22,24H,5-6,8-9H2,1-4H3/t10-,14+,15?/m1/s1. The number of β-amino-alcohol motifs (C(OH)–C–C–N with tert-alkyl or cyclic N) is 1. The fourth-order valence-electron chi connectivity index (χ4n) is 3.71. The maximum atomic E-state index is 12.7. The average molecular weight is 381 g/mol. The Bertz CT molecular complexity index is 715. The van der Waals surface area contributed by atoms with E-state index in [1.807, 2.05) is 32.7 Å². The summed E-state index contributed by atoms with van der Waals surface area (Å²) in [6.07, 6.45) is 0.127. The third-order valence-electron chi connectivity index (χ3n) is 4.80. The van der Waals surface area contributed by atoms with E-state index in [1.165, 1.54) is 17.8 Å². The Hall–Kier alpha value is -1.44. The lowest BCUT2D eigenvalue weighted by Crippen LogP contribution is -2.41. The highest BCUT2D eigenvalue weighted by molar-refractivity contribution is 8.01.